The summed E-state index contributed by atoms with van der Waals surface area (Å²) in [6.45, 7) is 1.86. The number of hydrogen-bond acceptors (Lipinski definition) is 1. The van der Waals surface area contributed by atoms with Crippen LogP contribution in [0.25, 0.3) is 0 Å². The highest BCUT2D eigenvalue weighted by atomic mass is 79.9. The summed E-state index contributed by atoms with van der Waals surface area (Å²) in [6.07, 6.45) is -1.88. The Labute approximate surface area is 136 Å². The standard InChI is InChI=1S/C15H18BrClF3N/c1-9(11-7-6-10(16)8-13(11)17)21-14-5-3-2-4-12(14)15(18,19)20/h6-9,12,14,21H,2-5H2,1H3. The number of nitrogens with one attached hydrogen (secondary N) is 1. The molecule has 0 heterocycles. The van der Waals surface area contributed by atoms with Crippen molar-refractivity contribution in [1.82, 2.24) is 5.32 Å². The van der Waals surface area contributed by atoms with E-state index in [4.69, 9.17) is 11.6 Å². The van der Waals surface area contributed by atoms with Gasteiger partial charge in [-0.1, -0.05) is 46.4 Å². The summed E-state index contributed by atoms with van der Waals surface area (Å²) in [4.78, 5) is 0. The molecule has 1 fully saturated rings. The first kappa shape index (κ1) is 17.1. The van der Waals surface area contributed by atoms with Crippen LogP contribution in [-0.2, 0) is 0 Å². The van der Waals surface area contributed by atoms with E-state index in [1.807, 2.05) is 19.1 Å². The molecule has 0 amide bonds. The molecule has 0 saturated heterocycles. The lowest BCUT2D eigenvalue weighted by atomic mass is 9.83. The van der Waals surface area contributed by atoms with Crippen molar-refractivity contribution in [2.24, 2.45) is 5.92 Å². The molecule has 2 rings (SSSR count). The highest BCUT2D eigenvalue weighted by Crippen LogP contribution is 2.39. The van der Waals surface area contributed by atoms with Gasteiger partial charge in [0.2, 0.25) is 0 Å². The van der Waals surface area contributed by atoms with Crippen LogP contribution in [0.3, 0.4) is 0 Å². The van der Waals surface area contributed by atoms with Gasteiger partial charge in [-0.25, -0.2) is 0 Å². The Hall–Kier alpha value is -0.260. The van der Waals surface area contributed by atoms with E-state index in [1.165, 1.54) is 0 Å². The van der Waals surface area contributed by atoms with Crippen molar-refractivity contribution in [2.75, 3.05) is 0 Å². The van der Waals surface area contributed by atoms with Gasteiger partial charge in [0.05, 0.1) is 5.92 Å². The molecular weight excluding hydrogens is 367 g/mol. The zero-order valence-corrected chi connectivity index (χ0v) is 14.0. The minimum absolute atomic E-state index is 0.210. The molecule has 3 unspecified atom stereocenters. The summed E-state index contributed by atoms with van der Waals surface area (Å²) in [5.74, 6) is -1.26. The zero-order valence-electron chi connectivity index (χ0n) is 11.7. The smallest absolute Gasteiger partial charge is 0.307 e. The Morgan fingerprint density at radius 2 is 1.95 bits per heavy atom. The van der Waals surface area contributed by atoms with Gasteiger partial charge in [0.1, 0.15) is 0 Å². The van der Waals surface area contributed by atoms with Gasteiger partial charge in [0.15, 0.2) is 0 Å². The molecule has 0 spiro atoms. The number of hydrogen-bond donors (Lipinski definition) is 1. The van der Waals surface area contributed by atoms with E-state index in [9.17, 15) is 13.2 Å². The van der Waals surface area contributed by atoms with E-state index < -0.39 is 18.1 Å². The fourth-order valence-electron chi connectivity index (χ4n) is 2.99. The van der Waals surface area contributed by atoms with E-state index in [0.29, 0.717) is 17.9 Å². The van der Waals surface area contributed by atoms with Crippen LogP contribution in [-0.4, -0.2) is 12.2 Å². The van der Waals surface area contributed by atoms with Crippen LogP contribution in [0.2, 0.25) is 5.02 Å². The average molecular weight is 385 g/mol. The van der Waals surface area contributed by atoms with Crippen LogP contribution in [0.4, 0.5) is 13.2 Å². The molecular formula is C15H18BrClF3N. The summed E-state index contributed by atoms with van der Waals surface area (Å²) in [5.41, 5.74) is 0.825. The second-order valence-corrected chi connectivity index (χ2v) is 6.92. The van der Waals surface area contributed by atoms with Gasteiger partial charge < -0.3 is 5.32 Å². The molecule has 1 saturated carbocycles. The van der Waals surface area contributed by atoms with E-state index in [0.717, 1.165) is 16.5 Å². The van der Waals surface area contributed by atoms with E-state index in [1.54, 1.807) is 6.07 Å². The third kappa shape index (κ3) is 4.36. The molecule has 6 heteroatoms. The Morgan fingerprint density at radius 1 is 1.29 bits per heavy atom. The predicted octanol–water partition coefficient (Wildman–Crippen LogP) is 5.87. The first-order valence-corrected chi connectivity index (χ1v) is 8.24. The average Bonchev–Trinajstić information content (AvgIpc) is 2.37. The molecule has 0 aliphatic heterocycles. The van der Waals surface area contributed by atoms with Crippen LogP contribution in [0.5, 0.6) is 0 Å². The summed E-state index contributed by atoms with van der Waals surface area (Å²) >= 11 is 9.50. The van der Waals surface area contributed by atoms with Crippen molar-refractivity contribution in [3.05, 3.63) is 33.3 Å². The SMILES string of the molecule is CC(NC1CCCCC1C(F)(F)F)c1ccc(Br)cc1Cl. The van der Waals surface area contributed by atoms with Gasteiger partial charge in [-0.05, 0) is 37.5 Å². The molecule has 1 N–H and O–H groups in total. The molecule has 1 aromatic rings. The molecule has 0 aromatic heterocycles. The summed E-state index contributed by atoms with van der Waals surface area (Å²) in [6, 6.07) is 4.71. The van der Waals surface area contributed by atoms with Crippen molar-refractivity contribution in [2.45, 2.75) is 50.9 Å². The summed E-state index contributed by atoms with van der Waals surface area (Å²) < 4.78 is 40.2. The van der Waals surface area contributed by atoms with Gasteiger partial charge >= 0.3 is 6.18 Å². The van der Waals surface area contributed by atoms with Crippen molar-refractivity contribution in [1.29, 1.82) is 0 Å². The lowest BCUT2D eigenvalue weighted by Crippen LogP contribution is -2.46. The Morgan fingerprint density at radius 3 is 2.57 bits per heavy atom. The fraction of sp³-hybridized carbons (Fsp3) is 0.600. The molecule has 21 heavy (non-hydrogen) atoms. The van der Waals surface area contributed by atoms with Crippen molar-refractivity contribution >= 4 is 27.5 Å². The number of halogens is 5. The van der Waals surface area contributed by atoms with Crippen LogP contribution in [0.1, 0.15) is 44.2 Å². The summed E-state index contributed by atoms with van der Waals surface area (Å²) in [5, 5.41) is 3.69. The monoisotopic (exact) mass is 383 g/mol. The maximum Gasteiger partial charge on any atom is 0.393 e. The minimum atomic E-state index is -4.14. The number of rotatable bonds is 3. The highest BCUT2D eigenvalue weighted by Gasteiger charge is 2.45. The van der Waals surface area contributed by atoms with Crippen LogP contribution in [0.15, 0.2) is 22.7 Å². The topological polar surface area (TPSA) is 12.0 Å². The fourth-order valence-corrected chi connectivity index (χ4v) is 3.82. The first-order valence-electron chi connectivity index (χ1n) is 7.06. The highest BCUT2D eigenvalue weighted by molar-refractivity contribution is 9.10. The van der Waals surface area contributed by atoms with Crippen LogP contribution >= 0.6 is 27.5 Å². The van der Waals surface area contributed by atoms with Gasteiger partial charge in [-0.15, -0.1) is 0 Å². The van der Waals surface area contributed by atoms with Crippen LogP contribution in [0, 0.1) is 5.92 Å². The van der Waals surface area contributed by atoms with Crippen molar-refractivity contribution < 1.29 is 13.2 Å². The Kier molecular flexibility index (Phi) is 5.60. The predicted molar refractivity (Wildman–Crippen MR) is 82.5 cm³/mol. The normalized spacial score (nSPS) is 24.9. The largest absolute Gasteiger partial charge is 0.393 e. The second kappa shape index (κ2) is 6.88. The van der Waals surface area contributed by atoms with Crippen molar-refractivity contribution in [3.8, 4) is 0 Å². The molecule has 0 radical (unpaired) electrons. The molecule has 1 aromatic carbocycles. The number of alkyl halides is 3. The van der Waals surface area contributed by atoms with E-state index in [2.05, 4.69) is 21.2 Å². The molecule has 3 atom stereocenters. The van der Waals surface area contributed by atoms with Crippen LogP contribution < -0.4 is 5.32 Å². The van der Waals surface area contributed by atoms with Gasteiger partial charge in [0, 0.05) is 21.6 Å². The Bertz CT molecular complexity index is 492. The quantitative estimate of drug-likeness (QED) is 0.687. The van der Waals surface area contributed by atoms with E-state index >= 15 is 0 Å². The Balaban J connectivity index is 2.11. The van der Waals surface area contributed by atoms with Gasteiger partial charge in [-0.3, -0.25) is 0 Å². The zero-order chi connectivity index (χ0) is 15.6. The lowest BCUT2D eigenvalue weighted by Gasteiger charge is -2.35. The molecule has 0 bridgehead atoms. The molecule has 1 nitrogen and oxygen atoms in total. The molecule has 118 valence electrons. The first-order chi connectivity index (χ1) is 9.79. The molecule has 1 aliphatic rings. The third-order valence-corrected chi connectivity index (χ3v) is 4.90. The van der Waals surface area contributed by atoms with Crippen molar-refractivity contribution in [3.63, 3.8) is 0 Å². The minimum Gasteiger partial charge on any atom is -0.307 e. The second-order valence-electron chi connectivity index (χ2n) is 5.59. The lowest BCUT2D eigenvalue weighted by molar-refractivity contribution is -0.189. The number of benzene rings is 1. The maximum absolute atomic E-state index is 13.1. The maximum atomic E-state index is 13.1. The van der Waals surface area contributed by atoms with E-state index in [-0.39, 0.29) is 12.5 Å². The summed E-state index contributed by atoms with van der Waals surface area (Å²) in [7, 11) is 0. The third-order valence-electron chi connectivity index (χ3n) is 4.08. The van der Waals surface area contributed by atoms with Gasteiger partial charge in [0.25, 0.3) is 0 Å². The van der Waals surface area contributed by atoms with Gasteiger partial charge in [-0.2, -0.15) is 13.2 Å². The molecule has 1 aliphatic carbocycles.